The van der Waals surface area contributed by atoms with Crippen molar-refractivity contribution in [2.75, 3.05) is 30.6 Å². The van der Waals surface area contributed by atoms with Crippen LogP contribution in [0.2, 0.25) is 0 Å². The molecule has 2 nitrogen and oxygen atoms in total. The molecule has 0 amide bonds. The van der Waals surface area contributed by atoms with Gasteiger partial charge >= 0.3 is 297 Å². The number of fused-ring (bicyclic) bond motifs is 4. The number of hydrogen-bond acceptors (Lipinski definition) is 2. The maximum atomic E-state index is 2.58. The molecule has 49 heavy (non-hydrogen) atoms. The fraction of sp³-hybridized carbons (Fsp3) is 0.200. The molecule has 248 valence electrons. The van der Waals surface area contributed by atoms with Gasteiger partial charge in [0.2, 0.25) is 0 Å². The van der Waals surface area contributed by atoms with Crippen molar-refractivity contribution in [3.8, 4) is 0 Å². The first-order valence-corrected chi connectivity index (χ1v) is 21.1. The van der Waals surface area contributed by atoms with Crippen LogP contribution in [0.1, 0.15) is 33.4 Å². The van der Waals surface area contributed by atoms with E-state index in [1.54, 1.807) is 0 Å². The summed E-state index contributed by atoms with van der Waals surface area (Å²) in [5.41, 5.74) is 12.8. The molecule has 1 heterocycles. The van der Waals surface area contributed by atoms with Gasteiger partial charge in [-0.2, -0.15) is 0 Å². The molecule has 0 bridgehead atoms. The van der Waals surface area contributed by atoms with Crippen molar-refractivity contribution in [2.45, 2.75) is 41.5 Å². The van der Waals surface area contributed by atoms with Gasteiger partial charge in [-0.15, -0.1) is 0 Å². The van der Waals surface area contributed by atoms with E-state index < -0.39 is 15.2 Å². The molecule has 6 aromatic rings. The Kier molecular flexibility index (Phi) is 8.77. The van der Waals surface area contributed by atoms with E-state index in [4.69, 9.17) is 0 Å². The quantitative estimate of drug-likeness (QED) is 0.169. The summed E-state index contributed by atoms with van der Waals surface area (Å²) in [5.74, 6) is 0. The fourth-order valence-electron chi connectivity index (χ4n) is 7.58. The van der Waals surface area contributed by atoms with Gasteiger partial charge in [-0.05, 0) is 0 Å². The second-order valence-electron chi connectivity index (χ2n) is 14.3. The Morgan fingerprint density at radius 1 is 0.408 bits per heavy atom. The molecule has 0 radical (unpaired) electrons. The van der Waals surface area contributed by atoms with Gasteiger partial charge in [-0.1, -0.05) is 0 Å². The van der Waals surface area contributed by atoms with E-state index in [-0.39, 0.29) is 0 Å². The summed E-state index contributed by atoms with van der Waals surface area (Å²) < 4.78 is 0. The predicted molar refractivity (Wildman–Crippen MR) is 222 cm³/mol. The average Bonchev–Trinajstić information content (AvgIpc) is 3.08. The van der Waals surface area contributed by atoms with Crippen molar-refractivity contribution >= 4 is 69.8 Å². The molecule has 0 aliphatic carbocycles. The van der Waals surface area contributed by atoms with Crippen molar-refractivity contribution < 1.29 is 0 Å². The molecule has 7 rings (SSSR count). The minimum atomic E-state index is -2.63. The van der Waals surface area contributed by atoms with Gasteiger partial charge in [0, 0.05) is 0 Å². The van der Waals surface area contributed by atoms with E-state index in [2.05, 4.69) is 193 Å². The van der Waals surface area contributed by atoms with Crippen LogP contribution in [0, 0.1) is 41.5 Å². The zero-order valence-electron chi connectivity index (χ0n) is 30.4. The SMILES string of the molecule is Cc1ccc(P2c3cc(C)ccc3N(C)c3ccc(C)cc3[PH](C)(c3ccc(C)cc3)c3cc(C)ccc3N(C)c3ccc(C)cc32)cc1. The second-order valence-corrected chi connectivity index (χ2v) is 20.4. The van der Waals surface area contributed by atoms with E-state index >= 15 is 0 Å². The van der Waals surface area contributed by atoms with Gasteiger partial charge in [-0.3, -0.25) is 0 Å². The van der Waals surface area contributed by atoms with Crippen LogP contribution in [0.3, 0.4) is 0 Å². The monoisotopic (exact) mass is 678 g/mol. The van der Waals surface area contributed by atoms with E-state index in [9.17, 15) is 0 Å². The second kappa shape index (κ2) is 12.9. The van der Waals surface area contributed by atoms with Gasteiger partial charge in [-0.25, -0.2) is 0 Å². The Labute approximate surface area is 295 Å². The Bertz CT molecular complexity index is 2070. The molecular weight excluding hydrogens is 630 g/mol. The first-order valence-electron chi connectivity index (χ1n) is 17.3. The van der Waals surface area contributed by atoms with Crippen LogP contribution < -0.4 is 41.6 Å². The number of benzene rings is 6. The van der Waals surface area contributed by atoms with Gasteiger partial charge in [0.05, 0.1) is 0 Å². The zero-order chi connectivity index (χ0) is 34.6. The summed E-state index contributed by atoms with van der Waals surface area (Å²) in [4.78, 5) is 5.01. The van der Waals surface area contributed by atoms with Gasteiger partial charge in [0.1, 0.15) is 0 Å². The number of aryl methyl sites for hydroxylation is 6. The molecule has 0 saturated heterocycles. The third kappa shape index (κ3) is 5.90. The summed E-state index contributed by atoms with van der Waals surface area (Å²) in [7, 11) is 1.03. The van der Waals surface area contributed by atoms with E-state index in [0.29, 0.717) is 0 Å². The number of nitrogens with zero attached hydrogens (tertiary/aromatic N) is 2. The molecular formula is C45H48N2P2. The molecule has 4 heteroatoms. The third-order valence-electron chi connectivity index (χ3n) is 10.5. The molecule has 0 saturated carbocycles. The van der Waals surface area contributed by atoms with E-state index in [0.717, 1.165) is 0 Å². The van der Waals surface area contributed by atoms with Crippen LogP contribution in [-0.2, 0) is 0 Å². The van der Waals surface area contributed by atoms with E-state index in [1.165, 1.54) is 88.0 Å². The third-order valence-corrected chi connectivity index (χ3v) is 17.4. The normalized spacial score (nSPS) is 16.0. The molecule has 0 N–H and O–H groups in total. The Morgan fingerprint density at radius 3 is 1.18 bits per heavy atom. The molecule has 0 spiro atoms. The number of hydrogen-bond donors (Lipinski definition) is 0. The Balaban J connectivity index is 1.67. The van der Waals surface area contributed by atoms with Crippen molar-refractivity contribution in [3.63, 3.8) is 0 Å². The molecule has 1 aliphatic rings. The van der Waals surface area contributed by atoms with Crippen molar-refractivity contribution in [2.24, 2.45) is 0 Å². The summed E-state index contributed by atoms with van der Waals surface area (Å²) in [6.07, 6.45) is 0. The topological polar surface area (TPSA) is 6.48 Å². The zero-order valence-corrected chi connectivity index (χ0v) is 32.3. The van der Waals surface area contributed by atoms with Crippen LogP contribution in [0.5, 0.6) is 0 Å². The number of rotatable bonds is 2. The van der Waals surface area contributed by atoms with Gasteiger partial charge < -0.3 is 0 Å². The van der Waals surface area contributed by atoms with Crippen LogP contribution >= 0.6 is 15.2 Å². The Morgan fingerprint density at radius 2 is 0.755 bits per heavy atom. The first kappa shape index (κ1) is 33.3. The van der Waals surface area contributed by atoms with Crippen molar-refractivity contribution in [3.05, 3.63) is 155 Å². The fourth-order valence-corrected chi connectivity index (χ4v) is 14.7. The molecule has 0 aromatic heterocycles. The standard InChI is InChI=1S/C45H48N2P2/c1-30-10-18-36(19-11-30)48-42-26-32(3)14-22-38(42)46(7)40-24-16-34(5)28-44(40)49(9,37-20-12-31(2)13-21-37)45-29-35(6)17-25-41(45)47(8)39-23-15-33(4)27-43(39)48/h10-29,49H,1-9H3. The molecule has 0 unspecified atom stereocenters. The van der Waals surface area contributed by atoms with Gasteiger partial charge in [0.15, 0.2) is 0 Å². The maximum absolute atomic E-state index is 2.63. The number of anilines is 4. The van der Waals surface area contributed by atoms with Gasteiger partial charge in [0.25, 0.3) is 0 Å². The van der Waals surface area contributed by atoms with E-state index in [1.807, 2.05) is 0 Å². The van der Waals surface area contributed by atoms with Crippen LogP contribution in [0.15, 0.2) is 121 Å². The van der Waals surface area contributed by atoms with Crippen LogP contribution in [-0.4, -0.2) is 20.8 Å². The first-order chi connectivity index (χ1) is 23.4. The molecule has 0 fully saturated rings. The predicted octanol–water partition coefficient (Wildman–Crippen LogP) is 8.80. The minimum absolute atomic E-state index is 0.924. The summed E-state index contributed by atoms with van der Waals surface area (Å²) in [5, 5.41) is 8.44. The molecule has 6 aromatic carbocycles. The van der Waals surface area contributed by atoms with Crippen LogP contribution in [0.4, 0.5) is 22.7 Å². The molecule has 0 atom stereocenters. The van der Waals surface area contributed by atoms with Crippen molar-refractivity contribution in [1.82, 2.24) is 0 Å². The summed E-state index contributed by atoms with van der Waals surface area (Å²) in [6.45, 7) is 15.9. The Hall–Kier alpha value is -4.22. The summed E-state index contributed by atoms with van der Waals surface area (Å²) in [6, 6.07) is 47.2. The van der Waals surface area contributed by atoms with Crippen molar-refractivity contribution in [1.29, 1.82) is 0 Å². The van der Waals surface area contributed by atoms with Crippen LogP contribution in [0.25, 0.3) is 0 Å². The average molecular weight is 679 g/mol. The summed E-state index contributed by atoms with van der Waals surface area (Å²) >= 11 is 0. The molecule has 1 aliphatic heterocycles.